The number of carboxylic acids is 1. The first-order valence-corrected chi connectivity index (χ1v) is 6.96. The molecule has 1 heterocycles. The van der Waals surface area contributed by atoms with Gasteiger partial charge in [-0.2, -0.15) is 0 Å². The Morgan fingerprint density at radius 1 is 1.48 bits per heavy atom. The molecule has 1 aromatic heterocycles. The summed E-state index contributed by atoms with van der Waals surface area (Å²) in [5.41, 5.74) is 1.37. The minimum absolute atomic E-state index is 0.135. The van der Waals surface area contributed by atoms with Crippen LogP contribution >= 0.6 is 0 Å². The van der Waals surface area contributed by atoms with Gasteiger partial charge in [-0.25, -0.2) is 9.78 Å². The van der Waals surface area contributed by atoms with Crippen LogP contribution in [0.2, 0.25) is 0 Å². The van der Waals surface area contributed by atoms with Crippen LogP contribution in [0.1, 0.15) is 35.6 Å². The van der Waals surface area contributed by atoms with Gasteiger partial charge in [-0.1, -0.05) is 13.0 Å². The number of hydrogen-bond acceptors (Lipinski definition) is 4. The molecule has 0 spiro atoms. The zero-order valence-electron chi connectivity index (χ0n) is 12.2. The van der Waals surface area contributed by atoms with Crippen LogP contribution in [0.5, 0.6) is 0 Å². The fourth-order valence-electron chi connectivity index (χ4n) is 2.56. The molecule has 0 fully saturated rings. The van der Waals surface area contributed by atoms with E-state index in [9.17, 15) is 15.0 Å². The van der Waals surface area contributed by atoms with E-state index in [1.54, 1.807) is 25.3 Å². The summed E-state index contributed by atoms with van der Waals surface area (Å²) >= 11 is 0. The highest BCUT2D eigenvalue weighted by molar-refractivity contribution is 6.01. The molecule has 0 radical (unpaired) electrons. The number of rotatable bonds is 7. The number of methoxy groups -OCH3 is 1. The first-order chi connectivity index (χ1) is 10.1. The first-order valence-electron chi connectivity index (χ1n) is 6.96. The van der Waals surface area contributed by atoms with E-state index in [-0.39, 0.29) is 18.2 Å². The molecule has 2 aromatic rings. The van der Waals surface area contributed by atoms with Gasteiger partial charge < -0.3 is 19.5 Å². The topological polar surface area (TPSA) is 84.6 Å². The minimum Gasteiger partial charge on any atom is -0.478 e. The molecule has 6 heteroatoms. The molecule has 0 aliphatic heterocycles. The number of aromatic nitrogens is 2. The predicted molar refractivity (Wildman–Crippen MR) is 78.7 cm³/mol. The number of carboxylic acid groups (broad SMARTS) is 1. The lowest BCUT2D eigenvalue weighted by molar-refractivity contribution is 0.0697. The van der Waals surface area contributed by atoms with Crippen LogP contribution < -0.4 is 0 Å². The highest BCUT2D eigenvalue weighted by atomic mass is 16.5. The van der Waals surface area contributed by atoms with E-state index in [0.29, 0.717) is 24.1 Å². The molecule has 1 atom stereocenters. The van der Waals surface area contributed by atoms with Gasteiger partial charge in [-0.3, -0.25) is 0 Å². The van der Waals surface area contributed by atoms with E-state index in [1.165, 1.54) is 0 Å². The standard InChI is InChI=1S/C15H20N2O4/c1-3-5-13-16-12-7-4-6-11(15(19)20)14(12)17(13)10(8-18)9-21-2/h4,6-7,10,18H,3,5,8-9H2,1-2H3,(H,19,20). The summed E-state index contributed by atoms with van der Waals surface area (Å²) in [6.07, 6.45) is 1.60. The summed E-state index contributed by atoms with van der Waals surface area (Å²) in [4.78, 5) is 16.0. The molecular formula is C15H20N2O4. The largest absolute Gasteiger partial charge is 0.478 e. The molecule has 1 aromatic carbocycles. The number of aliphatic hydroxyl groups excluding tert-OH is 1. The lowest BCUT2D eigenvalue weighted by Crippen LogP contribution is -2.21. The van der Waals surface area contributed by atoms with Gasteiger partial charge in [0.25, 0.3) is 0 Å². The molecule has 114 valence electrons. The maximum absolute atomic E-state index is 11.5. The summed E-state index contributed by atoms with van der Waals surface area (Å²) in [6.45, 7) is 2.20. The molecule has 0 aliphatic carbocycles. The molecule has 21 heavy (non-hydrogen) atoms. The summed E-state index contributed by atoms with van der Waals surface area (Å²) in [5, 5.41) is 19.0. The Labute approximate surface area is 123 Å². The highest BCUT2D eigenvalue weighted by Gasteiger charge is 2.22. The number of fused-ring (bicyclic) bond motifs is 1. The second-order valence-corrected chi connectivity index (χ2v) is 4.92. The molecule has 2 N–H and O–H groups in total. The van der Waals surface area contributed by atoms with Crippen molar-refractivity contribution < 1.29 is 19.7 Å². The molecule has 0 saturated carbocycles. The van der Waals surface area contributed by atoms with E-state index in [1.807, 2.05) is 11.5 Å². The molecule has 0 aliphatic rings. The monoisotopic (exact) mass is 292 g/mol. The Bertz CT molecular complexity index is 636. The Hall–Kier alpha value is -1.92. The number of aryl methyl sites for hydroxylation is 1. The number of carbonyl (C=O) groups is 1. The Balaban J connectivity index is 2.72. The van der Waals surface area contributed by atoms with Crippen LogP contribution in [0, 0.1) is 0 Å². The van der Waals surface area contributed by atoms with Crippen molar-refractivity contribution in [2.75, 3.05) is 20.3 Å². The van der Waals surface area contributed by atoms with Crippen molar-refractivity contribution >= 4 is 17.0 Å². The fourth-order valence-corrected chi connectivity index (χ4v) is 2.56. The Morgan fingerprint density at radius 3 is 2.81 bits per heavy atom. The van der Waals surface area contributed by atoms with E-state index < -0.39 is 5.97 Å². The SMILES string of the molecule is CCCc1nc2cccc(C(=O)O)c2n1C(CO)COC. The van der Waals surface area contributed by atoms with Crippen LogP contribution in [0.4, 0.5) is 0 Å². The average Bonchev–Trinajstić information content (AvgIpc) is 2.83. The van der Waals surface area contributed by atoms with Gasteiger partial charge in [0.05, 0.1) is 35.9 Å². The zero-order valence-corrected chi connectivity index (χ0v) is 12.2. The highest BCUT2D eigenvalue weighted by Crippen LogP contribution is 2.26. The fraction of sp³-hybridized carbons (Fsp3) is 0.467. The van der Waals surface area contributed by atoms with Gasteiger partial charge in [0.2, 0.25) is 0 Å². The number of aromatic carboxylic acids is 1. The van der Waals surface area contributed by atoms with Crippen molar-refractivity contribution in [1.29, 1.82) is 0 Å². The molecular weight excluding hydrogens is 272 g/mol. The third-order valence-corrected chi connectivity index (χ3v) is 3.42. The predicted octanol–water partition coefficient (Wildman–Crippen LogP) is 1.87. The first kappa shape index (κ1) is 15.5. The number of aliphatic hydroxyl groups is 1. The molecule has 0 bridgehead atoms. The quantitative estimate of drug-likeness (QED) is 0.813. The average molecular weight is 292 g/mol. The van der Waals surface area contributed by atoms with Crippen molar-refractivity contribution in [3.8, 4) is 0 Å². The van der Waals surface area contributed by atoms with Crippen molar-refractivity contribution in [1.82, 2.24) is 9.55 Å². The van der Waals surface area contributed by atoms with Gasteiger partial charge >= 0.3 is 5.97 Å². The maximum Gasteiger partial charge on any atom is 0.337 e. The summed E-state index contributed by atoms with van der Waals surface area (Å²) in [6, 6.07) is 4.68. The van der Waals surface area contributed by atoms with Crippen molar-refractivity contribution in [3.05, 3.63) is 29.6 Å². The molecule has 6 nitrogen and oxygen atoms in total. The molecule has 0 saturated heterocycles. The molecule has 1 unspecified atom stereocenters. The van der Waals surface area contributed by atoms with Crippen LogP contribution in [0.15, 0.2) is 18.2 Å². The van der Waals surface area contributed by atoms with E-state index >= 15 is 0 Å². The van der Waals surface area contributed by atoms with Crippen molar-refractivity contribution in [2.45, 2.75) is 25.8 Å². The Kier molecular flexibility index (Phi) is 4.93. The third kappa shape index (κ3) is 2.91. The number of nitrogens with zero attached hydrogens (tertiary/aromatic N) is 2. The van der Waals surface area contributed by atoms with Crippen LogP contribution in [-0.2, 0) is 11.2 Å². The number of para-hydroxylation sites is 1. The normalized spacial score (nSPS) is 12.7. The second-order valence-electron chi connectivity index (χ2n) is 4.92. The third-order valence-electron chi connectivity index (χ3n) is 3.42. The maximum atomic E-state index is 11.5. The van der Waals surface area contributed by atoms with Crippen molar-refractivity contribution in [2.24, 2.45) is 0 Å². The van der Waals surface area contributed by atoms with Crippen LogP contribution in [0.3, 0.4) is 0 Å². The van der Waals surface area contributed by atoms with Gasteiger partial charge in [0, 0.05) is 13.5 Å². The molecule has 0 amide bonds. The smallest absolute Gasteiger partial charge is 0.337 e. The van der Waals surface area contributed by atoms with E-state index in [2.05, 4.69) is 4.98 Å². The number of ether oxygens (including phenoxy) is 1. The zero-order chi connectivity index (χ0) is 15.4. The summed E-state index contributed by atoms with van der Waals surface area (Å²) < 4.78 is 6.96. The minimum atomic E-state index is -1.00. The van der Waals surface area contributed by atoms with E-state index in [0.717, 1.165) is 12.2 Å². The lowest BCUT2D eigenvalue weighted by Gasteiger charge is -2.19. The van der Waals surface area contributed by atoms with Crippen LogP contribution in [-0.4, -0.2) is 46.1 Å². The Morgan fingerprint density at radius 2 is 2.24 bits per heavy atom. The molecule has 2 rings (SSSR count). The number of hydrogen-bond donors (Lipinski definition) is 2. The van der Waals surface area contributed by atoms with Gasteiger partial charge in [0.15, 0.2) is 0 Å². The van der Waals surface area contributed by atoms with Crippen LogP contribution in [0.25, 0.3) is 11.0 Å². The van der Waals surface area contributed by atoms with Gasteiger partial charge in [-0.15, -0.1) is 0 Å². The number of benzene rings is 1. The summed E-state index contributed by atoms with van der Waals surface area (Å²) in [7, 11) is 1.55. The van der Waals surface area contributed by atoms with E-state index in [4.69, 9.17) is 4.74 Å². The lowest BCUT2D eigenvalue weighted by atomic mass is 10.1. The van der Waals surface area contributed by atoms with Gasteiger partial charge in [-0.05, 0) is 18.6 Å². The second kappa shape index (κ2) is 6.69. The van der Waals surface area contributed by atoms with Crippen molar-refractivity contribution in [3.63, 3.8) is 0 Å². The summed E-state index contributed by atoms with van der Waals surface area (Å²) in [5.74, 6) is -0.226. The van der Waals surface area contributed by atoms with Gasteiger partial charge in [0.1, 0.15) is 5.82 Å². The number of imidazole rings is 1.